The maximum Gasteiger partial charge on any atom is 0.215 e. The van der Waals surface area contributed by atoms with Crippen LogP contribution in [0.2, 0.25) is 5.02 Å². The number of benzene rings is 1. The minimum atomic E-state index is -0.912. The van der Waals surface area contributed by atoms with Gasteiger partial charge in [0.15, 0.2) is 0 Å². The molecule has 0 unspecified atom stereocenters. The first-order chi connectivity index (χ1) is 9.04. The van der Waals surface area contributed by atoms with Crippen LogP contribution in [-0.4, -0.2) is 15.6 Å². The van der Waals surface area contributed by atoms with Gasteiger partial charge in [0.2, 0.25) is 5.78 Å². The molecule has 6 heteroatoms. The molecular formula is C13H11ClF2N2O. The average Bonchev–Trinajstić information content (AvgIpc) is 2.70. The lowest BCUT2D eigenvalue weighted by atomic mass is 10.1. The van der Waals surface area contributed by atoms with Crippen LogP contribution in [-0.2, 0) is 6.54 Å². The number of rotatable bonds is 4. The van der Waals surface area contributed by atoms with Gasteiger partial charge in [0, 0.05) is 12.6 Å². The van der Waals surface area contributed by atoms with Crippen LogP contribution in [0, 0.1) is 11.6 Å². The molecule has 1 heterocycles. The summed E-state index contributed by atoms with van der Waals surface area (Å²) in [5.41, 5.74) is -0.102. The van der Waals surface area contributed by atoms with Crippen molar-refractivity contribution in [2.75, 3.05) is 0 Å². The number of aromatic nitrogens is 2. The Balaban J connectivity index is 2.46. The van der Waals surface area contributed by atoms with E-state index >= 15 is 0 Å². The van der Waals surface area contributed by atoms with Gasteiger partial charge in [0.25, 0.3) is 0 Å². The fourth-order valence-corrected chi connectivity index (χ4v) is 2.00. The Hall–Kier alpha value is -1.75. The standard InChI is InChI=1S/C13H11ClF2N2O/c1-2-5-18-12(10(14)7-17-18)13(19)9-4-3-8(15)6-11(9)16/h3-4,6-7H,2,5H2,1H3. The number of carbonyl (C=O) groups is 1. The maximum absolute atomic E-state index is 13.6. The summed E-state index contributed by atoms with van der Waals surface area (Å²) in [5, 5.41) is 4.12. The predicted molar refractivity (Wildman–Crippen MR) is 67.3 cm³/mol. The van der Waals surface area contributed by atoms with Crippen molar-refractivity contribution >= 4 is 17.4 Å². The number of aryl methyl sites for hydroxylation is 1. The Labute approximate surface area is 113 Å². The SMILES string of the molecule is CCCn1ncc(Cl)c1C(=O)c1ccc(F)cc1F. The second-order valence-electron chi connectivity index (χ2n) is 4.02. The molecule has 0 aliphatic rings. The third-order valence-electron chi connectivity index (χ3n) is 2.62. The van der Waals surface area contributed by atoms with Crippen LogP contribution in [0.3, 0.4) is 0 Å². The third-order valence-corrected chi connectivity index (χ3v) is 2.90. The highest BCUT2D eigenvalue weighted by Crippen LogP contribution is 2.21. The van der Waals surface area contributed by atoms with Gasteiger partial charge in [-0.25, -0.2) is 8.78 Å². The quantitative estimate of drug-likeness (QED) is 0.806. The third kappa shape index (κ3) is 2.66. The molecule has 19 heavy (non-hydrogen) atoms. The monoisotopic (exact) mass is 284 g/mol. The topological polar surface area (TPSA) is 34.9 Å². The molecule has 0 N–H and O–H groups in total. The van der Waals surface area contributed by atoms with E-state index in [4.69, 9.17) is 11.6 Å². The molecule has 0 fully saturated rings. The van der Waals surface area contributed by atoms with Crippen molar-refractivity contribution in [1.29, 1.82) is 0 Å². The Bertz CT molecular complexity index is 625. The summed E-state index contributed by atoms with van der Waals surface area (Å²) in [5.74, 6) is -2.25. The number of halogens is 3. The van der Waals surface area contributed by atoms with Crippen LogP contribution >= 0.6 is 11.6 Å². The summed E-state index contributed by atoms with van der Waals surface area (Å²) < 4.78 is 27.9. The predicted octanol–water partition coefficient (Wildman–Crippen LogP) is 3.46. The van der Waals surface area contributed by atoms with Crippen molar-refractivity contribution in [3.63, 3.8) is 0 Å². The van der Waals surface area contributed by atoms with Crippen molar-refractivity contribution in [3.8, 4) is 0 Å². The first kappa shape index (κ1) is 13.7. The molecule has 0 bridgehead atoms. The van der Waals surface area contributed by atoms with Gasteiger partial charge in [0.05, 0.1) is 16.8 Å². The minimum Gasteiger partial charge on any atom is -0.287 e. The lowest BCUT2D eigenvalue weighted by Crippen LogP contribution is -2.13. The number of nitrogens with zero attached hydrogens (tertiary/aromatic N) is 2. The van der Waals surface area contributed by atoms with Crippen LogP contribution in [0.5, 0.6) is 0 Å². The van der Waals surface area contributed by atoms with Gasteiger partial charge in [-0.05, 0) is 18.6 Å². The molecule has 2 aromatic rings. The van der Waals surface area contributed by atoms with Gasteiger partial charge < -0.3 is 0 Å². The van der Waals surface area contributed by atoms with E-state index in [0.29, 0.717) is 12.6 Å². The van der Waals surface area contributed by atoms with Crippen LogP contribution in [0.25, 0.3) is 0 Å². The highest BCUT2D eigenvalue weighted by Gasteiger charge is 2.21. The van der Waals surface area contributed by atoms with Crippen LogP contribution in [0.4, 0.5) is 8.78 Å². The second-order valence-corrected chi connectivity index (χ2v) is 4.42. The zero-order valence-electron chi connectivity index (χ0n) is 10.2. The fraction of sp³-hybridized carbons (Fsp3) is 0.231. The van der Waals surface area contributed by atoms with E-state index < -0.39 is 17.4 Å². The molecule has 1 aromatic heterocycles. The van der Waals surface area contributed by atoms with Crippen LogP contribution in [0.15, 0.2) is 24.4 Å². The smallest absolute Gasteiger partial charge is 0.215 e. The Kier molecular flexibility index (Phi) is 3.95. The molecule has 0 aliphatic carbocycles. The molecule has 3 nitrogen and oxygen atoms in total. The van der Waals surface area contributed by atoms with Crippen molar-refractivity contribution < 1.29 is 13.6 Å². The summed E-state index contributed by atoms with van der Waals surface area (Å²) in [6.07, 6.45) is 2.09. The molecule has 2 rings (SSSR count). The van der Waals surface area contributed by atoms with Gasteiger partial charge in [0.1, 0.15) is 17.3 Å². The Morgan fingerprint density at radius 1 is 1.42 bits per heavy atom. The summed E-state index contributed by atoms with van der Waals surface area (Å²) in [6.45, 7) is 2.42. The van der Waals surface area contributed by atoms with E-state index in [0.717, 1.165) is 18.6 Å². The molecule has 0 amide bonds. The zero-order chi connectivity index (χ0) is 14.0. The van der Waals surface area contributed by atoms with Crippen LogP contribution in [0.1, 0.15) is 29.4 Å². The van der Waals surface area contributed by atoms with Gasteiger partial charge in [-0.2, -0.15) is 5.10 Å². The normalized spacial score (nSPS) is 10.7. The molecule has 1 aromatic carbocycles. The molecule has 0 radical (unpaired) electrons. The highest BCUT2D eigenvalue weighted by atomic mass is 35.5. The van der Waals surface area contributed by atoms with Gasteiger partial charge in [-0.3, -0.25) is 9.48 Å². The largest absolute Gasteiger partial charge is 0.287 e. The summed E-state index contributed by atoms with van der Waals surface area (Å²) in [4.78, 5) is 12.2. The maximum atomic E-state index is 13.6. The van der Waals surface area contributed by atoms with Crippen molar-refractivity contribution in [2.45, 2.75) is 19.9 Å². The lowest BCUT2D eigenvalue weighted by molar-refractivity contribution is 0.102. The molecule has 0 saturated heterocycles. The first-order valence-corrected chi connectivity index (χ1v) is 6.13. The molecule has 100 valence electrons. The van der Waals surface area contributed by atoms with E-state index in [1.807, 2.05) is 6.92 Å². The van der Waals surface area contributed by atoms with Gasteiger partial charge >= 0.3 is 0 Å². The number of ketones is 1. The summed E-state index contributed by atoms with van der Waals surface area (Å²) in [7, 11) is 0. The first-order valence-electron chi connectivity index (χ1n) is 5.75. The molecule has 0 spiro atoms. The van der Waals surface area contributed by atoms with E-state index in [1.54, 1.807) is 0 Å². The molecule has 0 atom stereocenters. The average molecular weight is 285 g/mol. The number of hydrogen-bond donors (Lipinski definition) is 0. The van der Waals surface area contributed by atoms with E-state index in [-0.39, 0.29) is 16.3 Å². The fourth-order valence-electron chi connectivity index (χ4n) is 1.77. The van der Waals surface area contributed by atoms with Crippen molar-refractivity contribution in [1.82, 2.24) is 9.78 Å². The van der Waals surface area contributed by atoms with Gasteiger partial charge in [-0.15, -0.1) is 0 Å². The Morgan fingerprint density at radius 3 is 2.79 bits per heavy atom. The van der Waals surface area contributed by atoms with E-state index in [9.17, 15) is 13.6 Å². The second kappa shape index (κ2) is 5.48. The van der Waals surface area contributed by atoms with E-state index in [2.05, 4.69) is 5.10 Å². The number of hydrogen-bond acceptors (Lipinski definition) is 2. The lowest BCUT2D eigenvalue weighted by Gasteiger charge is -2.07. The van der Waals surface area contributed by atoms with Crippen molar-refractivity contribution in [3.05, 3.63) is 52.3 Å². The highest BCUT2D eigenvalue weighted by molar-refractivity contribution is 6.34. The summed E-state index contributed by atoms with van der Waals surface area (Å²) >= 11 is 5.91. The minimum absolute atomic E-state index is 0.119. The van der Waals surface area contributed by atoms with Crippen LogP contribution < -0.4 is 0 Å². The zero-order valence-corrected chi connectivity index (χ0v) is 10.9. The van der Waals surface area contributed by atoms with Gasteiger partial charge in [-0.1, -0.05) is 18.5 Å². The van der Waals surface area contributed by atoms with E-state index in [1.165, 1.54) is 10.9 Å². The molecule has 0 saturated carbocycles. The molecule has 0 aliphatic heterocycles. The van der Waals surface area contributed by atoms with Crippen molar-refractivity contribution in [2.24, 2.45) is 0 Å². The number of carbonyl (C=O) groups excluding carboxylic acids is 1. The molecular weight excluding hydrogens is 274 g/mol. The Morgan fingerprint density at radius 2 is 2.16 bits per heavy atom. The summed E-state index contributed by atoms with van der Waals surface area (Å²) in [6, 6.07) is 2.80.